The van der Waals surface area contributed by atoms with E-state index in [9.17, 15) is 4.79 Å². The van der Waals surface area contributed by atoms with Crippen LogP contribution in [0.4, 0.5) is 0 Å². The van der Waals surface area contributed by atoms with Crippen LogP contribution in [0.25, 0.3) is 10.9 Å². The Labute approximate surface area is 163 Å². The van der Waals surface area contributed by atoms with Crippen LogP contribution >= 0.6 is 45.2 Å². The second kappa shape index (κ2) is 7.50. The molecule has 1 aromatic heterocycles. The number of nitrogens with zero attached hydrogens (tertiary/aromatic N) is 2. The maximum absolute atomic E-state index is 12.5. The Bertz CT molecular complexity index is 736. The molecule has 3 rings (SSSR count). The molecule has 1 saturated heterocycles. The van der Waals surface area contributed by atoms with Crippen LogP contribution in [0.3, 0.4) is 0 Å². The zero-order chi connectivity index (χ0) is 16.4. The zero-order valence-electron chi connectivity index (χ0n) is 12.9. The molecule has 0 radical (unpaired) electrons. The lowest BCUT2D eigenvalue weighted by Crippen LogP contribution is -2.44. The van der Waals surface area contributed by atoms with Crippen molar-refractivity contribution in [2.24, 2.45) is 0 Å². The van der Waals surface area contributed by atoms with E-state index in [1.165, 1.54) is 6.42 Å². The first kappa shape index (κ1) is 17.2. The van der Waals surface area contributed by atoms with Gasteiger partial charge in [-0.05, 0) is 83.5 Å². The number of likely N-dealkylation sites (tertiary alicyclic amines) is 1. The number of piperidine rings is 1. The molecule has 1 aromatic carbocycles. The first-order valence-corrected chi connectivity index (χ1v) is 9.88. The predicted molar refractivity (Wildman–Crippen MR) is 108 cm³/mol. The maximum atomic E-state index is 12.5. The minimum absolute atomic E-state index is 0.0654. The van der Waals surface area contributed by atoms with E-state index in [1.807, 2.05) is 17.0 Å². The van der Waals surface area contributed by atoms with E-state index in [2.05, 4.69) is 63.2 Å². The number of carbonyl (C=O) groups excluding carboxylic acids is 1. The van der Waals surface area contributed by atoms with Crippen molar-refractivity contribution in [1.29, 1.82) is 0 Å². The first-order chi connectivity index (χ1) is 11.1. The van der Waals surface area contributed by atoms with E-state index in [1.54, 1.807) is 6.20 Å². The van der Waals surface area contributed by atoms with Gasteiger partial charge < -0.3 is 9.64 Å². The number of hydrogen-bond donors (Lipinski definition) is 0. The third kappa shape index (κ3) is 3.72. The fourth-order valence-electron chi connectivity index (χ4n) is 2.97. The summed E-state index contributed by atoms with van der Waals surface area (Å²) in [4.78, 5) is 18.9. The number of carbonyl (C=O) groups is 1. The largest absolute Gasteiger partial charge is 0.480 e. The highest BCUT2D eigenvalue weighted by Crippen LogP contribution is 2.33. The van der Waals surface area contributed by atoms with Gasteiger partial charge >= 0.3 is 0 Å². The minimum atomic E-state index is 0.0654. The van der Waals surface area contributed by atoms with Gasteiger partial charge in [0.25, 0.3) is 5.91 Å². The molecular weight excluding hydrogens is 518 g/mol. The van der Waals surface area contributed by atoms with Gasteiger partial charge in [-0.3, -0.25) is 9.78 Å². The molecule has 0 aliphatic carbocycles. The standard InChI is InChI=1S/C17H18I2N2O2/c1-11-5-2-3-8-21(11)15(22)10-23-17-14(19)9-13(18)12-6-4-7-20-16(12)17/h4,6-7,9,11H,2-3,5,8,10H2,1H3/t11-/m0/s1. The maximum Gasteiger partial charge on any atom is 0.260 e. The quantitative estimate of drug-likeness (QED) is 0.553. The van der Waals surface area contributed by atoms with Crippen molar-refractivity contribution in [3.63, 3.8) is 0 Å². The van der Waals surface area contributed by atoms with Crippen LogP contribution in [0.5, 0.6) is 5.75 Å². The Balaban J connectivity index is 1.80. The van der Waals surface area contributed by atoms with Crippen molar-refractivity contribution in [2.75, 3.05) is 13.2 Å². The normalized spacial score (nSPS) is 18.2. The van der Waals surface area contributed by atoms with E-state index in [-0.39, 0.29) is 12.5 Å². The van der Waals surface area contributed by atoms with Crippen LogP contribution in [0.15, 0.2) is 24.4 Å². The lowest BCUT2D eigenvalue weighted by atomic mass is 10.0. The van der Waals surface area contributed by atoms with Gasteiger partial charge in [0.1, 0.15) is 5.52 Å². The fourth-order valence-corrected chi connectivity index (χ4v) is 5.03. The molecule has 2 heterocycles. The molecule has 1 aliphatic heterocycles. The van der Waals surface area contributed by atoms with Gasteiger partial charge in [0, 0.05) is 27.7 Å². The number of amides is 1. The number of aromatic nitrogens is 1. The second-order valence-corrected chi connectivity index (χ2v) is 8.11. The number of pyridine rings is 1. The summed E-state index contributed by atoms with van der Waals surface area (Å²) in [6.45, 7) is 3.03. The van der Waals surface area contributed by atoms with E-state index in [0.29, 0.717) is 11.8 Å². The van der Waals surface area contributed by atoms with Crippen LogP contribution < -0.4 is 4.74 Å². The number of hydrogen-bond acceptors (Lipinski definition) is 3. The molecule has 1 atom stereocenters. The summed E-state index contributed by atoms with van der Waals surface area (Å²) < 4.78 is 8.03. The van der Waals surface area contributed by atoms with Crippen molar-refractivity contribution in [1.82, 2.24) is 9.88 Å². The highest BCUT2D eigenvalue weighted by Gasteiger charge is 2.24. The van der Waals surface area contributed by atoms with Gasteiger partial charge in [0.2, 0.25) is 0 Å². The molecule has 1 amide bonds. The molecule has 23 heavy (non-hydrogen) atoms. The van der Waals surface area contributed by atoms with Crippen LogP contribution in [-0.4, -0.2) is 35.0 Å². The summed E-state index contributed by atoms with van der Waals surface area (Å²) in [5.74, 6) is 0.773. The minimum Gasteiger partial charge on any atom is -0.480 e. The van der Waals surface area contributed by atoms with Gasteiger partial charge in [0.15, 0.2) is 12.4 Å². The number of ether oxygens (including phenoxy) is 1. The topological polar surface area (TPSA) is 42.4 Å². The average molecular weight is 536 g/mol. The summed E-state index contributed by atoms with van der Waals surface area (Å²) in [5, 5.41) is 1.06. The van der Waals surface area contributed by atoms with E-state index >= 15 is 0 Å². The monoisotopic (exact) mass is 536 g/mol. The van der Waals surface area contributed by atoms with Crippen molar-refractivity contribution in [2.45, 2.75) is 32.2 Å². The smallest absolute Gasteiger partial charge is 0.260 e. The number of rotatable bonds is 3. The SMILES string of the molecule is C[C@H]1CCCCN1C(=O)COc1c(I)cc(I)c2cccnc12. The van der Waals surface area contributed by atoms with Gasteiger partial charge in [-0.2, -0.15) is 0 Å². The van der Waals surface area contributed by atoms with Crippen molar-refractivity contribution in [3.8, 4) is 5.75 Å². The highest BCUT2D eigenvalue weighted by molar-refractivity contribution is 14.1. The molecule has 0 bridgehead atoms. The van der Waals surface area contributed by atoms with Crippen LogP contribution in [0.2, 0.25) is 0 Å². The third-order valence-corrected chi connectivity index (χ3v) is 5.91. The van der Waals surface area contributed by atoms with Crippen LogP contribution in [0.1, 0.15) is 26.2 Å². The number of halogens is 2. The summed E-state index contributed by atoms with van der Waals surface area (Å²) in [6.07, 6.45) is 5.13. The van der Waals surface area contributed by atoms with E-state index < -0.39 is 0 Å². The molecule has 1 aliphatic rings. The van der Waals surface area contributed by atoms with E-state index in [0.717, 1.165) is 37.4 Å². The molecule has 0 N–H and O–H groups in total. The van der Waals surface area contributed by atoms with Crippen LogP contribution in [0, 0.1) is 7.14 Å². The summed E-state index contributed by atoms with van der Waals surface area (Å²) in [7, 11) is 0. The Morgan fingerprint density at radius 1 is 1.39 bits per heavy atom. The lowest BCUT2D eigenvalue weighted by molar-refractivity contribution is -0.136. The fraction of sp³-hybridized carbons (Fsp3) is 0.412. The van der Waals surface area contributed by atoms with Gasteiger partial charge in [-0.1, -0.05) is 6.07 Å². The predicted octanol–water partition coefficient (Wildman–Crippen LogP) is 4.22. The van der Waals surface area contributed by atoms with Crippen molar-refractivity contribution >= 4 is 62.0 Å². The summed E-state index contributed by atoms with van der Waals surface area (Å²) >= 11 is 4.55. The van der Waals surface area contributed by atoms with Crippen molar-refractivity contribution in [3.05, 3.63) is 31.5 Å². The molecule has 0 spiro atoms. The molecule has 6 heteroatoms. The van der Waals surface area contributed by atoms with Crippen LogP contribution in [-0.2, 0) is 4.79 Å². The Morgan fingerprint density at radius 3 is 3.00 bits per heavy atom. The molecule has 0 unspecified atom stereocenters. The Kier molecular flexibility index (Phi) is 5.61. The average Bonchev–Trinajstić information content (AvgIpc) is 2.55. The van der Waals surface area contributed by atoms with Gasteiger partial charge in [0.05, 0.1) is 3.57 Å². The Hall–Kier alpha value is -0.640. The second-order valence-electron chi connectivity index (χ2n) is 5.79. The number of fused-ring (bicyclic) bond motifs is 1. The molecule has 2 aromatic rings. The van der Waals surface area contributed by atoms with E-state index in [4.69, 9.17) is 4.74 Å². The zero-order valence-corrected chi connectivity index (χ0v) is 17.2. The third-order valence-electron chi connectivity index (χ3n) is 4.21. The molecule has 0 saturated carbocycles. The summed E-state index contributed by atoms with van der Waals surface area (Å²) in [6, 6.07) is 6.32. The Morgan fingerprint density at radius 2 is 2.22 bits per heavy atom. The molecule has 1 fully saturated rings. The summed E-state index contributed by atoms with van der Waals surface area (Å²) in [5.41, 5.74) is 0.822. The van der Waals surface area contributed by atoms with Gasteiger partial charge in [-0.15, -0.1) is 0 Å². The van der Waals surface area contributed by atoms with Crippen molar-refractivity contribution < 1.29 is 9.53 Å². The molecule has 4 nitrogen and oxygen atoms in total. The number of benzene rings is 1. The van der Waals surface area contributed by atoms with Gasteiger partial charge in [-0.25, -0.2) is 0 Å². The first-order valence-electron chi connectivity index (χ1n) is 7.73. The highest BCUT2D eigenvalue weighted by atomic mass is 127. The molecule has 122 valence electrons. The molecular formula is C17H18I2N2O2. The lowest BCUT2D eigenvalue weighted by Gasteiger charge is -2.33.